The van der Waals surface area contributed by atoms with Gasteiger partial charge < -0.3 is 19.5 Å². The number of likely N-dealkylation sites (tertiary alicyclic amines) is 2. The number of nitrogens with one attached hydrogen (secondary N) is 1. The van der Waals surface area contributed by atoms with Gasteiger partial charge in [0.1, 0.15) is 11.1 Å². The van der Waals surface area contributed by atoms with Gasteiger partial charge >= 0.3 is 5.51 Å². The van der Waals surface area contributed by atoms with Crippen LogP contribution in [-0.2, 0) is 16.1 Å². The molecule has 3 aliphatic rings. The summed E-state index contributed by atoms with van der Waals surface area (Å²) in [5, 5.41) is 3.33. The van der Waals surface area contributed by atoms with Crippen molar-refractivity contribution < 1.29 is 32.0 Å². The van der Waals surface area contributed by atoms with Crippen LogP contribution in [0.1, 0.15) is 77.6 Å². The van der Waals surface area contributed by atoms with Gasteiger partial charge in [0.2, 0.25) is 11.8 Å². The van der Waals surface area contributed by atoms with Crippen LogP contribution in [0.3, 0.4) is 0 Å². The van der Waals surface area contributed by atoms with Crippen molar-refractivity contribution in [2.75, 3.05) is 19.6 Å². The first-order chi connectivity index (χ1) is 24.4. The summed E-state index contributed by atoms with van der Waals surface area (Å²) in [5.74, 6) is -1.34. The first-order valence-electron chi connectivity index (χ1n) is 17.0. The molecule has 3 heterocycles. The lowest BCUT2D eigenvalue weighted by Gasteiger charge is -2.36. The highest BCUT2D eigenvalue weighted by Crippen LogP contribution is 2.53. The molecule has 1 saturated carbocycles. The van der Waals surface area contributed by atoms with Crippen LogP contribution in [0.4, 0.5) is 13.2 Å². The minimum Gasteiger partial charge on any atom is -0.451 e. The summed E-state index contributed by atoms with van der Waals surface area (Å²) in [6.45, 7) is 2.27. The number of hydrogen-bond donors (Lipinski definition) is 1. The third-order valence-corrected chi connectivity index (χ3v) is 11.1. The van der Waals surface area contributed by atoms with Crippen molar-refractivity contribution >= 4 is 52.1 Å². The molecule has 7 rings (SSSR count). The fourth-order valence-electron chi connectivity index (χ4n) is 7.48. The number of nitrogens with zero attached hydrogens (tertiary/aromatic N) is 2. The molecule has 2 atom stereocenters. The smallest absolute Gasteiger partial charge is 0.446 e. The topological polar surface area (TPSA) is 99.9 Å². The number of carbonyl (C=O) groups excluding carboxylic acids is 3. The number of thioether (sulfide) groups is 1. The van der Waals surface area contributed by atoms with Gasteiger partial charge in [0.15, 0.2) is 11.2 Å². The van der Waals surface area contributed by atoms with E-state index in [1.165, 1.54) is 17.7 Å². The molecule has 1 aromatic heterocycles. The van der Waals surface area contributed by atoms with Gasteiger partial charge in [0.05, 0.1) is 5.39 Å². The Morgan fingerprint density at radius 3 is 2.43 bits per heavy atom. The van der Waals surface area contributed by atoms with E-state index in [9.17, 15) is 32.3 Å². The molecule has 0 spiro atoms. The Morgan fingerprint density at radius 1 is 0.961 bits per heavy atom. The molecule has 2 aliphatic heterocycles. The summed E-state index contributed by atoms with van der Waals surface area (Å²) in [6.07, 6.45) is 4.25. The van der Waals surface area contributed by atoms with E-state index in [1.54, 1.807) is 17.0 Å². The van der Waals surface area contributed by atoms with E-state index >= 15 is 0 Å². The van der Waals surface area contributed by atoms with Crippen molar-refractivity contribution in [1.29, 1.82) is 0 Å². The number of rotatable bonds is 8. The Bertz CT molecular complexity index is 2050. The van der Waals surface area contributed by atoms with Crippen molar-refractivity contribution in [3.05, 3.63) is 110 Å². The summed E-state index contributed by atoms with van der Waals surface area (Å²) >= 11 is 5.78. The predicted octanol–water partition coefficient (Wildman–Crippen LogP) is 7.63. The number of halogens is 4. The van der Waals surface area contributed by atoms with Crippen LogP contribution in [0.5, 0.6) is 0 Å². The highest BCUT2D eigenvalue weighted by molar-refractivity contribution is 8.00. The van der Waals surface area contributed by atoms with Gasteiger partial charge in [-0.15, -0.1) is 0 Å². The molecule has 4 aromatic rings. The Kier molecular flexibility index (Phi) is 9.66. The van der Waals surface area contributed by atoms with Crippen LogP contribution in [0.2, 0.25) is 5.02 Å². The van der Waals surface area contributed by atoms with Crippen molar-refractivity contribution in [2.45, 2.75) is 72.8 Å². The van der Waals surface area contributed by atoms with E-state index in [1.807, 2.05) is 29.2 Å². The quantitative estimate of drug-likeness (QED) is 0.187. The van der Waals surface area contributed by atoms with Crippen LogP contribution in [0.15, 0.2) is 86.9 Å². The van der Waals surface area contributed by atoms with Gasteiger partial charge in [-0.3, -0.25) is 19.2 Å². The average molecular weight is 738 g/mol. The Labute approximate surface area is 301 Å². The highest BCUT2D eigenvalue weighted by Gasteiger charge is 2.63. The lowest BCUT2D eigenvalue weighted by molar-refractivity contribution is -0.136. The number of piperidine rings is 2. The standard InChI is InChI=1S/C38H35ClF3N3O5S/c39-26-10-8-24(9-11-26)30-21-37(30,43-35(48)33-20-31(46)29-19-27(51-38(40,41)42)12-13-32(29)50-33)36(49)44-17-14-23(15-18-44)28-6-2-1-5-25(28)22-45-16-4-3-7-34(45)47/h1-2,5-6,8-13,19-20,23,30H,3-4,7,14-18,21-22H2,(H,43,48). The summed E-state index contributed by atoms with van der Waals surface area (Å²) in [4.78, 5) is 57.1. The molecule has 0 radical (unpaired) electrons. The maximum Gasteiger partial charge on any atom is 0.446 e. The zero-order valence-corrected chi connectivity index (χ0v) is 29.1. The van der Waals surface area contributed by atoms with Gasteiger partial charge in [-0.05, 0) is 96.8 Å². The molecule has 0 bridgehead atoms. The van der Waals surface area contributed by atoms with Crippen molar-refractivity contribution in [2.24, 2.45) is 0 Å². The van der Waals surface area contributed by atoms with E-state index in [0.717, 1.165) is 42.6 Å². The third-order valence-electron chi connectivity index (χ3n) is 10.2. The zero-order valence-electron chi connectivity index (χ0n) is 27.5. The SMILES string of the molecule is O=C(NC1(C(=O)N2CCC(c3ccccc3CN3CCCCC3=O)CC2)CC1c1ccc(Cl)cc1)c1cc(=O)c2cc(SC(F)(F)F)ccc2o1. The van der Waals surface area contributed by atoms with Crippen molar-refractivity contribution in [3.63, 3.8) is 0 Å². The second kappa shape index (κ2) is 14.0. The largest absolute Gasteiger partial charge is 0.451 e. The summed E-state index contributed by atoms with van der Waals surface area (Å²) < 4.78 is 44.4. The van der Waals surface area contributed by atoms with Crippen LogP contribution in [0.25, 0.3) is 11.0 Å². The molecule has 3 amide bonds. The second-order valence-electron chi connectivity index (χ2n) is 13.5. The van der Waals surface area contributed by atoms with Crippen LogP contribution in [-0.4, -0.2) is 58.2 Å². The summed E-state index contributed by atoms with van der Waals surface area (Å²) in [6, 6.07) is 19.7. The number of benzene rings is 3. The first-order valence-corrected chi connectivity index (χ1v) is 18.2. The molecule has 1 aliphatic carbocycles. The molecule has 3 aromatic carbocycles. The minimum absolute atomic E-state index is 0.0448. The first kappa shape index (κ1) is 35.1. The summed E-state index contributed by atoms with van der Waals surface area (Å²) in [5.41, 5.74) is -3.43. The lowest BCUT2D eigenvalue weighted by atomic mass is 9.86. The zero-order chi connectivity index (χ0) is 35.9. The Morgan fingerprint density at radius 2 is 1.71 bits per heavy atom. The lowest BCUT2D eigenvalue weighted by Crippen LogP contribution is -2.53. The molecular weight excluding hydrogens is 703 g/mol. The fourth-order valence-corrected chi connectivity index (χ4v) is 8.19. The van der Waals surface area contributed by atoms with Crippen LogP contribution in [0, 0.1) is 0 Å². The monoisotopic (exact) mass is 737 g/mol. The molecule has 51 heavy (non-hydrogen) atoms. The second-order valence-corrected chi connectivity index (χ2v) is 15.0. The normalized spacial score (nSPS) is 21.2. The maximum absolute atomic E-state index is 14.4. The van der Waals surface area contributed by atoms with E-state index in [0.29, 0.717) is 50.3 Å². The van der Waals surface area contributed by atoms with E-state index in [2.05, 4.69) is 17.4 Å². The van der Waals surface area contributed by atoms with E-state index in [4.69, 9.17) is 16.0 Å². The molecule has 13 heteroatoms. The number of amides is 3. The Balaban J connectivity index is 1.10. The number of carbonyl (C=O) groups is 3. The van der Waals surface area contributed by atoms with Gasteiger partial charge in [0, 0.05) is 54.5 Å². The van der Waals surface area contributed by atoms with Gasteiger partial charge in [-0.2, -0.15) is 13.2 Å². The van der Waals surface area contributed by atoms with E-state index in [-0.39, 0.29) is 57.0 Å². The predicted molar refractivity (Wildman–Crippen MR) is 188 cm³/mol. The molecular formula is C38H35ClF3N3O5S. The molecule has 8 nitrogen and oxygen atoms in total. The van der Waals surface area contributed by atoms with E-state index < -0.39 is 22.4 Å². The minimum atomic E-state index is -4.53. The molecule has 2 unspecified atom stereocenters. The van der Waals surface area contributed by atoms with Gasteiger partial charge in [-0.1, -0.05) is 48.0 Å². The number of fused-ring (bicyclic) bond motifs is 1. The van der Waals surface area contributed by atoms with Crippen LogP contribution < -0.4 is 10.7 Å². The van der Waals surface area contributed by atoms with Gasteiger partial charge in [-0.25, -0.2) is 0 Å². The van der Waals surface area contributed by atoms with Gasteiger partial charge in [0.25, 0.3) is 5.91 Å². The fraction of sp³-hybridized carbons (Fsp3) is 0.368. The third kappa shape index (κ3) is 7.53. The summed E-state index contributed by atoms with van der Waals surface area (Å²) in [7, 11) is 0. The molecule has 2 saturated heterocycles. The maximum atomic E-state index is 14.4. The average Bonchev–Trinajstić information content (AvgIpc) is 3.83. The van der Waals surface area contributed by atoms with Crippen molar-refractivity contribution in [1.82, 2.24) is 15.1 Å². The number of alkyl halides is 3. The Hall–Kier alpha value is -4.29. The number of hydrogen-bond acceptors (Lipinski definition) is 6. The molecule has 1 N–H and O–H groups in total. The molecule has 3 fully saturated rings. The van der Waals surface area contributed by atoms with Crippen LogP contribution >= 0.6 is 23.4 Å². The van der Waals surface area contributed by atoms with Crippen molar-refractivity contribution in [3.8, 4) is 0 Å². The highest BCUT2D eigenvalue weighted by atomic mass is 35.5. The molecule has 266 valence electrons.